The summed E-state index contributed by atoms with van der Waals surface area (Å²) in [6, 6.07) is 0. The smallest absolute Gasteiger partial charge is 0.462 e. The van der Waals surface area contributed by atoms with E-state index in [0.717, 1.165) is 114 Å². The zero-order valence-corrected chi connectivity index (χ0v) is 57.7. The summed E-state index contributed by atoms with van der Waals surface area (Å²) in [5.41, 5.74) is 0. The number of aliphatic hydroxyl groups is 1. The van der Waals surface area contributed by atoms with E-state index in [1.54, 1.807) is 0 Å². The highest BCUT2D eigenvalue weighted by atomic mass is 31.2. The van der Waals surface area contributed by atoms with Gasteiger partial charge in [-0.15, -0.1) is 0 Å². The fraction of sp³-hybridized carbons (Fsp3) is 0.940. The predicted molar refractivity (Wildman–Crippen MR) is 344 cm³/mol. The van der Waals surface area contributed by atoms with Crippen LogP contribution in [0.25, 0.3) is 0 Å². The molecule has 0 aromatic heterocycles. The molecule has 0 aliphatic heterocycles. The first-order chi connectivity index (χ1) is 41.1. The zero-order chi connectivity index (χ0) is 63.9. The van der Waals surface area contributed by atoms with Crippen molar-refractivity contribution in [1.82, 2.24) is 0 Å². The van der Waals surface area contributed by atoms with E-state index < -0.39 is 97.5 Å². The maximum absolute atomic E-state index is 13.0. The van der Waals surface area contributed by atoms with Crippen LogP contribution in [0.5, 0.6) is 0 Å². The van der Waals surface area contributed by atoms with Crippen LogP contribution in [0, 0.1) is 23.7 Å². The van der Waals surface area contributed by atoms with E-state index in [4.69, 9.17) is 37.0 Å². The van der Waals surface area contributed by atoms with E-state index in [9.17, 15) is 43.2 Å². The Bertz CT molecular complexity index is 1720. The van der Waals surface area contributed by atoms with Crippen molar-refractivity contribution >= 4 is 39.5 Å². The molecule has 0 aromatic rings. The molecule has 0 rings (SSSR count). The van der Waals surface area contributed by atoms with Crippen molar-refractivity contribution in [1.29, 1.82) is 0 Å². The summed E-state index contributed by atoms with van der Waals surface area (Å²) in [6.07, 6.45) is 37.8. The van der Waals surface area contributed by atoms with Crippen molar-refractivity contribution in [3.8, 4) is 0 Å². The van der Waals surface area contributed by atoms with Crippen molar-refractivity contribution in [2.45, 2.75) is 343 Å². The second-order valence-electron chi connectivity index (χ2n) is 25.9. The first kappa shape index (κ1) is 84.1. The highest BCUT2D eigenvalue weighted by Gasteiger charge is 2.30. The molecule has 6 atom stereocenters. The minimum atomic E-state index is -4.95. The van der Waals surface area contributed by atoms with Gasteiger partial charge in [-0.2, -0.15) is 0 Å². The minimum absolute atomic E-state index is 0.102. The number of esters is 4. The number of hydrogen-bond acceptors (Lipinski definition) is 15. The predicted octanol–water partition coefficient (Wildman–Crippen LogP) is 18.5. The van der Waals surface area contributed by atoms with Crippen molar-refractivity contribution in [3.05, 3.63) is 0 Å². The van der Waals surface area contributed by atoms with Gasteiger partial charge in [0.25, 0.3) is 0 Å². The van der Waals surface area contributed by atoms with Crippen molar-refractivity contribution in [2.24, 2.45) is 23.7 Å². The summed E-state index contributed by atoms with van der Waals surface area (Å²) in [7, 11) is -9.90. The quantitative estimate of drug-likeness (QED) is 0.0222. The Hall–Kier alpha value is -1.94. The number of carbonyl (C=O) groups is 4. The van der Waals surface area contributed by atoms with Gasteiger partial charge in [0.05, 0.1) is 26.4 Å². The standard InChI is InChI=1S/C67H130O17P2/c1-9-60(8)46-38-30-24-26-34-42-50-67(72)84-63(53-77-64(69)47-39-31-21-18-14-16-20-28-36-44-58(4)5)56-82-86(75,76)80-52-61(68)51-79-85(73,74)81-55-62(54-78-65(70)48-40-32-25-23-29-37-45-59(6)7)83-66(71)49-41-33-22-17-13-11-10-12-15-19-27-35-43-57(2)3/h57-63,68H,9-56H2,1-8H3,(H,73,74)(H,75,76)/t60?,61-,62+,63+/m0/s1. The molecule has 0 fully saturated rings. The van der Waals surface area contributed by atoms with Gasteiger partial charge in [-0.3, -0.25) is 37.3 Å². The van der Waals surface area contributed by atoms with Gasteiger partial charge < -0.3 is 33.8 Å². The third-order valence-electron chi connectivity index (χ3n) is 15.7. The van der Waals surface area contributed by atoms with Crippen molar-refractivity contribution < 1.29 is 80.2 Å². The molecule has 0 aliphatic rings. The van der Waals surface area contributed by atoms with Gasteiger partial charge in [-0.1, -0.05) is 274 Å². The molecular weight excluding hydrogens is 1140 g/mol. The highest BCUT2D eigenvalue weighted by Crippen LogP contribution is 2.45. The van der Waals surface area contributed by atoms with Crippen LogP contribution >= 0.6 is 15.6 Å². The second kappa shape index (κ2) is 57.0. The van der Waals surface area contributed by atoms with Gasteiger partial charge in [-0.25, -0.2) is 9.13 Å². The van der Waals surface area contributed by atoms with Crippen LogP contribution in [0.4, 0.5) is 0 Å². The Morgan fingerprint density at radius 2 is 0.558 bits per heavy atom. The molecule has 17 nitrogen and oxygen atoms in total. The molecule has 19 heteroatoms. The highest BCUT2D eigenvalue weighted by molar-refractivity contribution is 7.47. The van der Waals surface area contributed by atoms with Crippen LogP contribution in [-0.4, -0.2) is 96.7 Å². The minimum Gasteiger partial charge on any atom is -0.462 e. The third kappa shape index (κ3) is 59.7. The Morgan fingerprint density at radius 3 is 0.826 bits per heavy atom. The van der Waals surface area contributed by atoms with E-state index in [1.807, 2.05) is 0 Å². The van der Waals surface area contributed by atoms with E-state index in [-0.39, 0.29) is 25.7 Å². The number of phosphoric acid groups is 2. The Kier molecular flexibility index (Phi) is 55.7. The fourth-order valence-electron chi connectivity index (χ4n) is 9.93. The van der Waals surface area contributed by atoms with Crippen LogP contribution in [0.2, 0.25) is 0 Å². The first-order valence-electron chi connectivity index (χ1n) is 34.7. The van der Waals surface area contributed by atoms with E-state index >= 15 is 0 Å². The SMILES string of the molecule is CCC(C)CCCCCCCCC(=O)O[C@H](COC(=O)CCCCCCCCCCCC(C)C)COP(=O)(O)OC[C@@H](O)COP(=O)(O)OC[C@@H](COC(=O)CCCCCCCCC(C)C)OC(=O)CCCCCCCCCCCCCCC(C)C. The molecule has 0 saturated carbocycles. The number of aliphatic hydroxyl groups excluding tert-OH is 1. The normalized spacial score (nSPS) is 14.7. The number of ether oxygens (including phenoxy) is 4. The molecule has 0 saturated heterocycles. The summed E-state index contributed by atoms with van der Waals surface area (Å²) in [4.78, 5) is 72.3. The molecule has 3 unspecified atom stereocenters. The van der Waals surface area contributed by atoms with Crippen LogP contribution in [0.3, 0.4) is 0 Å². The zero-order valence-electron chi connectivity index (χ0n) is 55.9. The summed E-state index contributed by atoms with van der Waals surface area (Å²) >= 11 is 0. The molecule has 86 heavy (non-hydrogen) atoms. The molecule has 0 radical (unpaired) electrons. The largest absolute Gasteiger partial charge is 0.472 e. The lowest BCUT2D eigenvalue weighted by atomic mass is 10.00. The molecule has 0 aliphatic carbocycles. The Balaban J connectivity index is 5.23. The second-order valence-corrected chi connectivity index (χ2v) is 28.8. The van der Waals surface area contributed by atoms with Gasteiger partial charge in [0.2, 0.25) is 0 Å². The molecule has 3 N–H and O–H groups in total. The summed E-state index contributed by atoms with van der Waals surface area (Å²) < 4.78 is 68.1. The van der Waals surface area contributed by atoms with Gasteiger partial charge in [-0.05, 0) is 49.4 Å². The first-order valence-corrected chi connectivity index (χ1v) is 37.7. The van der Waals surface area contributed by atoms with E-state index in [2.05, 4.69) is 55.4 Å². The van der Waals surface area contributed by atoms with Crippen LogP contribution in [0.15, 0.2) is 0 Å². The van der Waals surface area contributed by atoms with Gasteiger partial charge in [0, 0.05) is 25.7 Å². The molecule has 510 valence electrons. The number of unbranched alkanes of at least 4 members (excludes halogenated alkanes) is 29. The molecule has 0 bridgehead atoms. The lowest BCUT2D eigenvalue weighted by molar-refractivity contribution is -0.161. The third-order valence-corrected chi connectivity index (χ3v) is 17.6. The monoisotopic (exact) mass is 1270 g/mol. The average molecular weight is 1270 g/mol. The van der Waals surface area contributed by atoms with Crippen LogP contribution < -0.4 is 0 Å². The van der Waals surface area contributed by atoms with Gasteiger partial charge >= 0.3 is 39.5 Å². The summed E-state index contributed by atoms with van der Waals surface area (Å²) in [5.74, 6) is 0.782. The van der Waals surface area contributed by atoms with Crippen LogP contribution in [-0.2, 0) is 65.4 Å². The van der Waals surface area contributed by atoms with Gasteiger partial charge in [0.15, 0.2) is 12.2 Å². The lowest BCUT2D eigenvalue weighted by Crippen LogP contribution is -2.30. The Morgan fingerprint density at radius 1 is 0.326 bits per heavy atom. The molecular formula is C67H130O17P2. The molecule has 0 heterocycles. The molecule has 0 amide bonds. The summed E-state index contributed by atoms with van der Waals surface area (Å²) in [5, 5.41) is 10.6. The van der Waals surface area contributed by atoms with Crippen molar-refractivity contribution in [2.75, 3.05) is 39.6 Å². The maximum Gasteiger partial charge on any atom is 0.472 e. The topological polar surface area (TPSA) is 237 Å². The number of rotatable bonds is 64. The number of hydrogen-bond donors (Lipinski definition) is 3. The molecule has 0 aromatic carbocycles. The maximum atomic E-state index is 13.0. The lowest BCUT2D eigenvalue weighted by Gasteiger charge is -2.21. The molecule has 0 spiro atoms. The fourth-order valence-corrected chi connectivity index (χ4v) is 11.5. The van der Waals surface area contributed by atoms with E-state index in [1.165, 1.54) is 122 Å². The Labute approximate surface area is 524 Å². The average Bonchev–Trinajstić information content (AvgIpc) is 3.66. The van der Waals surface area contributed by atoms with Gasteiger partial charge in [0.1, 0.15) is 19.3 Å². The number of carbonyl (C=O) groups excluding carboxylic acids is 4. The van der Waals surface area contributed by atoms with E-state index in [0.29, 0.717) is 31.6 Å². The van der Waals surface area contributed by atoms with Crippen LogP contribution in [0.1, 0.15) is 325 Å². The summed E-state index contributed by atoms with van der Waals surface area (Å²) in [6.45, 7) is 14.0. The number of phosphoric ester groups is 2. The van der Waals surface area contributed by atoms with Crippen molar-refractivity contribution in [3.63, 3.8) is 0 Å².